The molecule has 2 rings (SSSR count). The van der Waals surface area contributed by atoms with Crippen LogP contribution in [0.15, 0.2) is 0 Å². The van der Waals surface area contributed by atoms with Crippen molar-refractivity contribution in [1.82, 2.24) is 10.2 Å². The molecule has 1 amide bonds. The molecule has 2 aliphatic carbocycles. The predicted octanol–water partition coefficient (Wildman–Crippen LogP) is 1.78. The molecule has 0 aromatic carbocycles. The van der Waals surface area contributed by atoms with Crippen molar-refractivity contribution in [2.24, 2.45) is 5.92 Å². The van der Waals surface area contributed by atoms with Crippen molar-refractivity contribution in [2.45, 2.75) is 51.5 Å². The van der Waals surface area contributed by atoms with E-state index in [4.69, 9.17) is 0 Å². The molecule has 2 saturated carbocycles. The van der Waals surface area contributed by atoms with E-state index in [9.17, 15) is 4.79 Å². The number of carbonyl (C=O) groups excluding carboxylic acids is 1. The van der Waals surface area contributed by atoms with Crippen LogP contribution in [0.25, 0.3) is 0 Å². The summed E-state index contributed by atoms with van der Waals surface area (Å²) in [6.45, 7) is 6.70. The molecule has 0 aliphatic heterocycles. The van der Waals surface area contributed by atoms with Gasteiger partial charge in [-0.15, -0.1) is 0 Å². The van der Waals surface area contributed by atoms with Crippen LogP contribution < -0.4 is 5.32 Å². The molecule has 3 nitrogen and oxygen atoms in total. The Kier molecular flexibility index (Phi) is 3.53. The second-order valence-corrected chi connectivity index (χ2v) is 5.44. The highest BCUT2D eigenvalue weighted by Gasteiger charge is 2.45. The molecule has 92 valence electrons. The van der Waals surface area contributed by atoms with Gasteiger partial charge in [0.05, 0.1) is 6.54 Å². The van der Waals surface area contributed by atoms with E-state index in [0.29, 0.717) is 6.54 Å². The molecular formula is C13H24N2O. The lowest BCUT2D eigenvalue weighted by Crippen LogP contribution is -2.48. The number of rotatable bonds is 5. The van der Waals surface area contributed by atoms with Gasteiger partial charge in [0.2, 0.25) is 5.91 Å². The van der Waals surface area contributed by atoms with Gasteiger partial charge < -0.3 is 5.32 Å². The minimum Gasteiger partial charge on any atom is -0.350 e. The van der Waals surface area contributed by atoms with Gasteiger partial charge in [-0.3, -0.25) is 9.69 Å². The van der Waals surface area contributed by atoms with E-state index in [0.717, 1.165) is 19.0 Å². The highest BCUT2D eigenvalue weighted by atomic mass is 16.2. The molecule has 0 spiro atoms. The Hall–Kier alpha value is -0.570. The maximum atomic E-state index is 12.0. The lowest BCUT2D eigenvalue weighted by molar-refractivity contribution is -0.124. The Morgan fingerprint density at radius 2 is 1.94 bits per heavy atom. The number of hydrogen-bond donors (Lipinski definition) is 1. The third-order valence-corrected chi connectivity index (χ3v) is 4.41. The lowest BCUT2D eigenvalue weighted by Gasteiger charge is -2.29. The molecular weight excluding hydrogens is 200 g/mol. The van der Waals surface area contributed by atoms with Crippen LogP contribution in [-0.2, 0) is 4.79 Å². The average molecular weight is 224 g/mol. The maximum Gasteiger partial charge on any atom is 0.234 e. The van der Waals surface area contributed by atoms with Crippen LogP contribution in [0.5, 0.6) is 0 Å². The van der Waals surface area contributed by atoms with Crippen molar-refractivity contribution in [3.8, 4) is 0 Å². The van der Waals surface area contributed by atoms with E-state index in [1.165, 1.54) is 32.1 Å². The molecule has 0 saturated heterocycles. The molecule has 2 bridgehead atoms. The number of nitrogens with zero attached hydrogens (tertiary/aromatic N) is 1. The third kappa shape index (κ3) is 2.40. The first-order chi connectivity index (χ1) is 7.67. The summed E-state index contributed by atoms with van der Waals surface area (Å²) in [5.41, 5.74) is 0.189. The van der Waals surface area contributed by atoms with Gasteiger partial charge in [-0.25, -0.2) is 0 Å². The average Bonchev–Trinajstić information content (AvgIpc) is 2.85. The summed E-state index contributed by atoms with van der Waals surface area (Å²) in [6.07, 6.45) is 6.30. The van der Waals surface area contributed by atoms with E-state index in [1.807, 2.05) is 0 Å². The van der Waals surface area contributed by atoms with Crippen LogP contribution in [0.4, 0.5) is 0 Å². The fourth-order valence-corrected chi connectivity index (χ4v) is 3.35. The van der Waals surface area contributed by atoms with E-state index < -0.39 is 0 Å². The molecule has 2 aliphatic rings. The summed E-state index contributed by atoms with van der Waals surface area (Å²) in [6, 6.07) is 0. The zero-order valence-electron chi connectivity index (χ0n) is 10.6. The van der Waals surface area contributed by atoms with Gasteiger partial charge in [0, 0.05) is 5.54 Å². The Balaban J connectivity index is 1.83. The molecule has 0 radical (unpaired) electrons. The summed E-state index contributed by atoms with van der Waals surface area (Å²) >= 11 is 0. The van der Waals surface area contributed by atoms with Crippen LogP contribution in [0.2, 0.25) is 0 Å². The van der Waals surface area contributed by atoms with Crippen LogP contribution in [0.1, 0.15) is 46.0 Å². The fraction of sp³-hybridized carbons (Fsp3) is 0.923. The minimum absolute atomic E-state index is 0.189. The molecule has 3 heteroatoms. The second-order valence-electron chi connectivity index (χ2n) is 5.44. The Morgan fingerprint density at radius 3 is 2.38 bits per heavy atom. The van der Waals surface area contributed by atoms with Crippen LogP contribution in [0, 0.1) is 5.92 Å². The first-order valence-electron chi connectivity index (χ1n) is 6.71. The van der Waals surface area contributed by atoms with E-state index in [1.54, 1.807) is 0 Å². The molecule has 0 aromatic rings. The van der Waals surface area contributed by atoms with Gasteiger partial charge in [-0.1, -0.05) is 13.8 Å². The number of amides is 1. The Morgan fingerprint density at radius 1 is 1.31 bits per heavy atom. The second kappa shape index (κ2) is 4.74. The number of nitrogens with one attached hydrogen (secondary N) is 1. The van der Waals surface area contributed by atoms with Gasteiger partial charge in [0.25, 0.3) is 0 Å². The molecule has 1 N–H and O–H groups in total. The topological polar surface area (TPSA) is 32.3 Å². The fourth-order valence-electron chi connectivity index (χ4n) is 3.35. The summed E-state index contributed by atoms with van der Waals surface area (Å²) in [4.78, 5) is 14.1. The quantitative estimate of drug-likeness (QED) is 0.772. The molecule has 0 aromatic heterocycles. The monoisotopic (exact) mass is 224 g/mol. The van der Waals surface area contributed by atoms with Gasteiger partial charge in [-0.05, 0) is 51.1 Å². The van der Waals surface area contributed by atoms with Gasteiger partial charge >= 0.3 is 0 Å². The number of hydrogen-bond acceptors (Lipinski definition) is 2. The van der Waals surface area contributed by atoms with Crippen molar-refractivity contribution in [2.75, 3.05) is 19.6 Å². The van der Waals surface area contributed by atoms with Crippen molar-refractivity contribution >= 4 is 5.91 Å². The number of fused-ring (bicyclic) bond motifs is 2. The summed E-state index contributed by atoms with van der Waals surface area (Å²) < 4.78 is 0. The van der Waals surface area contributed by atoms with Gasteiger partial charge in [-0.2, -0.15) is 0 Å². The zero-order valence-corrected chi connectivity index (χ0v) is 10.6. The van der Waals surface area contributed by atoms with Crippen molar-refractivity contribution in [3.63, 3.8) is 0 Å². The molecule has 0 unspecified atom stereocenters. The van der Waals surface area contributed by atoms with Crippen molar-refractivity contribution in [3.05, 3.63) is 0 Å². The molecule has 2 fully saturated rings. The van der Waals surface area contributed by atoms with Crippen LogP contribution in [0.3, 0.4) is 0 Å². The first kappa shape index (κ1) is 11.9. The largest absolute Gasteiger partial charge is 0.350 e. The highest BCUT2D eigenvalue weighted by Crippen LogP contribution is 2.47. The normalized spacial score (nSPS) is 32.3. The summed E-state index contributed by atoms with van der Waals surface area (Å²) in [5, 5.41) is 3.30. The Labute approximate surface area is 98.6 Å². The minimum atomic E-state index is 0.189. The van der Waals surface area contributed by atoms with E-state index in [2.05, 4.69) is 24.1 Å². The standard InChI is InChI=1S/C13H24N2O/c1-3-15(4-2)10-12(16)14-13-7-5-11(9-13)6-8-13/h11H,3-10H2,1-2H3,(H,14,16). The van der Waals surface area contributed by atoms with Gasteiger partial charge in [0.1, 0.15) is 0 Å². The van der Waals surface area contributed by atoms with Crippen LogP contribution in [-0.4, -0.2) is 36.0 Å². The lowest BCUT2D eigenvalue weighted by atomic mass is 9.94. The number of carbonyl (C=O) groups is 1. The molecule has 16 heavy (non-hydrogen) atoms. The first-order valence-corrected chi connectivity index (χ1v) is 6.71. The molecule has 0 heterocycles. The highest BCUT2D eigenvalue weighted by molar-refractivity contribution is 5.79. The van der Waals surface area contributed by atoms with Gasteiger partial charge in [0.15, 0.2) is 0 Å². The number of likely N-dealkylation sites (N-methyl/N-ethyl adjacent to an activating group) is 1. The molecule has 0 atom stereocenters. The Bertz CT molecular complexity index is 253. The predicted molar refractivity (Wildman–Crippen MR) is 65.2 cm³/mol. The van der Waals surface area contributed by atoms with E-state index in [-0.39, 0.29) is 11.4 Å². The smallest absolute Gasteiger partial charge is 0.234 e. The van der Waals surface area contributed by atoms with Crippen LogP contribution >= 0.6 is 0 Å². The van der Waals surface area contributed by atoms with Crippen molar-refractivity contribution < 1.29 is 4.79 Å². The third-order valence-electron chi connectivity index (χ3n) is 4.41. The summed E-state index contributed by atoms with van der Waals surface area (Å²) in [7, 11) is 0. The van der Waals surface area contributed by atoms with E-state index >= 15 is 0 Å². The van der Waals surface area contributed by atoms with Crippen molar-refractivity contribution in [1.29, 1.82) is 0 Å². The zero-order chi connectivity index (χ0) is 11.6. The maximum absolute atomic E-state index is 12.0. The summed E-state index contributed by atoms with van der Waals surface area (Å²) in [5.74, 6) is 1.13. The SMILES string of the molecule is CCN(CC)CC(=O)NC12CCC(CC1)C2.